The fourth-order valence-electron chi connectivity index (χ4n) is 1.12. The molecule has 0 fully saturated rings. The smallest absolute Gasteiger partial charge is 0.328 e. The number of pyridine rings is 1. The maximum absolute atomic E-state index is 11.4. The molecule has 0 bridgehead atoms. The first-order valence-electron chi connectivity index (χ1n) is 4.46. The Labute approximate surface area is 86.6 Å². The van der Waals surface area contributed by atoms with Crippen molar-refractivity contribution in [2.24, 2.45) is 5.84 Å². The average molecular weight is 211 g/mol. The van der Waals surface area contributed by atoms with Crippen molar-refractivity contribution in [3.63, 3.8) is 0 Å². The van der Waals surface area contributed by atoms with Crippen molar-refractivity contribution >= 4 is 5.97 Å². The zero-order valence-electron chi connectivity index (χ0n) is 8.40. The van der Waals surface area contributed by atoms with Crippen molar-refractivity contribution in [1.29, 1.82) is 0 Å². The van der Waals surface area contributed by atoms with Crippen molar-refractivity contribution in [3.8, 4) is 0 Å². The summed E-state index contributed by atoms with van der Waals surface area (Å²) in [5.41, 5.74) is 2.55. The third-order valence-corrected chi connectivity index (χ3v) is 1.88. The highest BCUT2D eigenvalue weighted by molar-refractivity contribution is 5.68. The summed E-state index contributed by atoms with van der Waals surface area (Å²) >= 11 is 0. The zero-order chi connectivity index (χ0) is 11.3. The van der Waals surface area contributed by atoms with Crippen LogP contribution in [0.1, 0.15) is 12.0 Å². The Morgan fingerprint density at radius 3 is 3.00 bits per heavy atom. The van der Waals surface area contributed by atoms with Gasteiger partial charge in [0.15, 0.2) is 0 Å². The Bertz CT molecular complexity index is 400. The molecule has 82 valence electrons. The van der Waals surface area contributed by atoms with Crippen molar-refractivity contribution in [1.82, 2.24) is 10.2 Å². The molecule has 3 N–H and O–H groups in total. The molecule has 6 heteroatoms. The van der Waals surface area contributed by atoms with Crippen LogP contribution < -0.4 is 17.0 Å². The Kier molecular flexibility index (Phi) is 4.02. The minimum absolute atomic E-state index is 0.0904. The summed E-state index contributed by atoms with van der Waals surface area (Å²) in [6.45, 7) is 2.11. The van der Waals surface area contributed by atoms with Gasteiger partial charge in [-0.2, -0.15) is 0 Å². The summed E-state index contributed by atoms with van der Waals surface area (Å²) < 4.78 is 1.44. The summed E-state index contributed by atoms with van der Waals surface area (Å²) in [6.07, 6.45) is 1.73. The second kappa shape index (κ2) is 5.28. The van der Waals surface area contributed by atoms with Gasteiger partial charge in [-0.1, -0.05) is 5.59 Å². The summed E-state index contributed by atoms with van der Waals surface area (Å²) in [4.78, 5) is 26.6. The monoisotopic (exact) mass is 211 g/mol. The molecule has 1 aromatic heterocycles. The molecule has 0 saturated carbocycles. The SMILES string of the molecule is Cc1ccn(CCC(=O)ONN)c(=O)c1. The molecule has 0 radical (unpaired) electrons. The van der Waals surface area contributed by atoms with E-state index in [1.54, 1.807) is 17.9 Å². The van der Waals surface area contributed by atoms with Crippen LogP contribution in [0.4, 0.5) is 0 Å². The number of hydrogen-bond donors (Lipinski definition) is 2. The molecule has 1 rings (SSSR count). The highest BCUT2D eigenvalue weighted by Gasteiger charge is 2.03. The second-order valence-corrected chi connectivity index (χ2v) is 3.08. The van der Waals surface area contributed by atoms with E-state index in [9.17, 15) is 9.59 Å². The van der Waals surface area contributed by atoms with E-state index in [0.29, 0.717) is 0 Å². The molecule has 0 aliphatic carbocycles. The summed E-state index contributed by atoms with van der Waals surface area (Å²) in [5.74, 6) is 4.28. The van der Waals surface area contributed by atoms with Crippen molar-refractivity contribution in [2.45, 2.75) is 19.9 Å². The first-order chi connectivity index (χ1) is 7.13. The van der Waals surface area contributed by atoms with Gasteiger partial charge in [0.05, 0.1) is 6.42 Å². The Morgan fingerprint density at radius 1 is 1.67 bits per heavy atom. The van der Waals surface area contributed by atoms with E-state index >= 15 is 0 Å². The van der Waals surface area contributed by atoms with Crippen molar-refractivity contribution in [2.75, 3.05) is 0 Å². The molecular formula is C9H13N3O3. The number of carbonyl (C=O) groups excluding carboxylic acids is 1. The van der Waals surface area contributed by atoms with E-state index in [2.05, 4.69) is 4.84 Å². The van der Waals surface area contributed by atoms with Crippen LogP contribution >= 0.6 is 0 Å². The topological polar surface area (TPSA) is 86.3 Å². The third-order valence-electron chi connectivity index (χ3n) is 1.88. The van der Waals surface area contributed by atoms with Gasteiger partial charge in [0, 0.05) is 18.8 Å². The number of nitrogens with zero attached hydrogens (tertiary/aromatic N) is 1. The highest BCUT2D eigenvalue weighted by atomic mass is 16.7. The summed E-state index contributed by atoms with van der Waals surface area (Å²) in [5, 5.41) is 0. The number of aryl methyl sites for hydroxylation is 2. The lowest BCUT2D eigenvalue weighted by Crippen LogP contribution is -2.28. The third kappa shape index (κ3) is 3.53. The summed E-state index contributed by atoms with van der Waals surface area (Å²) in [7, 11) is 0. The normalized spacial score (nSPS) is 10.0. The van der Waals surface area contributed by atoms with E-state index in [-0.39, 0.29) is 18.5 Å². The van der Waals surface area contributed by atoms with Gasteiger partial charge in [-0.15, -0.1) is 0 Å². The number of nitrogens with two attached hydrogens (primary N) is 1. The van der Waals surface area contributed by atoms with E-state index in [1.807, 2.05) is 6.92 Å². The summed E-state index contributed by atoms with van der Waals surface area (Å²) in [6, 6.07) is 3.31. The van der Waals surface area contributed by atoms with Crippen LogP contribution in [-0.4, -0.2) is 10.5 Å². The van der Waals surface area contributed by atoms with Crippen LogP contribution in [0, 0.1) is 6.92 Å². The van der Waals surface area contributed by atoms with Gasteiger partial charge >= 0.3 is 5.97 Å². The largest absolute Gasteiger partial charge is 0.356 e. The van der Waals surface area contributed by atoms with Crippen molar-refractivity contribution < 1.29 is 9.63 Å². The molecule has 0 aromatic carbocycles. The van der Waals surface area contributed by atoms with Crippen LogP contribution in [0.2, 0.25) is 0 Å². The predicted molar refractivity (Wildman–Crippen MR) is 53.5 cm³/mol. The maximum Gasteiger partial charge on any atom is 0.328 e. The van der Waals surface area contributed by atoms with Crippen LogP contribution in [0.5, 0.6) is 0 Å². The predicted octanol–water partition coefficient (Wildman–Crippen LogP) is -0.532. The van der Waals surface area contributed by atoms with Crippen LogP contribution in [0.25, 0.3) is 0 Å². The molecule has 0 spiro atoms. The number of hydrogen-bond acceptors (Lipinski definition) is 5. The van der Waals surface area contributed by atoms with Gasteiger partial charge in [0.1, 0.15) is 0 Å². The van der Waals surface area contributed by atoms with E-state index in [4.69, 9.17) is 5.84 Å². The molecule has 0 amide bonds. The van der Waals surface area contributed by atoms with Gasteiger partial charge in [0.2, 0.25) is 0 Å². The lowest BCUT2D eigenvalue weighted by Gasteiger charge is -2.04. The van der Waals surface area contributed by atoms with Gasteiger partial charge in [0.25, 0.3) is 5.56 Å². The molecular weight excluding hydrogens is 198 g/mol. The molecule has 0 saturated heterocycles. The number of nitrogens with one attached hydrogen (secondary N) is 1. The first kappa shape index (κ1) is 11.4. The zero-order valence-corrected chi connectivity index (χ0v) is 8.40. The van der Waals surface area contributed by atoms with E-state index < -0.39 is 5.97 Å². The Morgan fingerprint density at radius 2 is 2.40 bits per heavy atom. The van der Waals surface area contributed by atoms with Gasteiger partial charge in [-0.3, -0.25) is 9.59 Å². The lowest BCUT2D eigenvalue weighted by atomic mass is 10.3. The molecule has 1 aromatic rings. The molecule has 15 heavy (non-hydrogen) atoms. The van der Waals surface area contributed by atoms with Gasteiger partial charge in [-0.05, 0) is 18.6 Å². The number of hydrazine groups is 1. The number of aromatic nitrogens is 1. The second-order valence-electron chi connectivity index (χ2n) is 3.08. The molecule has 0 unspecified atom stereocenters. The van der Waals surface area contributed by atoms with Crippen LogP contribution in [0.3, 0.4) is 0 Å². The first-order valence-corrected chi connectivity index (χ1v) is 4.46. The fraction of sp³-hybridized carbons (Fsp3) is 0.333. The van der Waals surface area contributed by atoms with E-state index in [1.165, 1.54) is 10.6 Å². The molecule has 0 atom stereocenters. The molecule has 6 nitrogen and oxygen atoms in total. The quantitative estimate of drug-likeness (QED) is 0.516. The average Bonchev–Trinajstić information content (AvgIpc) is 2.17. The fourth-order valence-corrected chi connectivity index (χ4v) is 1.12. The van der Waals surface area contributed by atoms with E-state index in [0.717, 1.165) is 5.56 Å². The van der Waals surface area contributed by atoms with Crippen LogP contribution in [-0.2, 0) is 16.2 Å². The van der Waals surface area contributed by atoms with Gasteiger partial charge < -0.3 is 9.40 Å². The van der Waals surface area contributed by atoms with Gasteiger partial charge in [-0.25, -0.2) is 5.84 Å². The maximum atomic E-state index is 11.4. The highest BCUT2D eigenvalue weighted by Crippen LogP contribution is 1.93. The standard InChI is InChI=1S/C9H13N3O3/c1-7-2-4-12(8(13)6-7)5-3-9(14)15-11-10/h2,4,6,11H,3,5,10H2,1H3. The lowest BCUT2D eigenvalue weighted by molar-refractivity contribution is -0.151. The Hall–Kier alpha value is -1.66. The van der Waals surface area contributed by atoms with Crippen molar-refractivity contribution in [3.05, 3.63) is 34.2 Å². The number of rotatable bonds is 4. The molecule has 0 aliphatic heterocycles. The Balaban J connectivity index is 2.58. The molecule has 0 aliphatic rings. The minimum Gasteiger partial charge on any atom is -0.356 e. The molecule has 1 heterocycles. The van der Waals surface area contributed by atoms with Crippen LogP contribution in [0.15, 0.2) is 23.1 Å². The number of carbonyl (C=O) groups is 1. The minimum atomic E-state index is -0.509.